The molecule has 0 bridgehead atoms. The summed E-state index contributed by atoms with van der Waals surface area (Å²) >= 11 is 0. The summed E-state index contributed by atoms with van der Waals surface area (Å²) in [7, 11) is 0. The first kappa shape index (κ1) is 11.1. The van der Waals surface area contributed by atoms with E-state index in [-0.39, 0.29) is 12.0 Å². The number of carboxylic acid groups (broad SMARTS) is 1. The number of nitrogens with one attached hydrogen (secondary N) is 1. The minimum absolute atomic E-state index is 0.151. The van der Waals surface area contributed by atoms with Gasteiger partial charge in [-0.05, 0) is 24.8 Å². The van der Waals surface area contributed by atoms with Crippen molar-refractivity contribution in [2.45, 2.75) is 37.8 Å². The van der Waals surface area contributed by atoms with E-state index in [1.807, 2.05) is 18.2 Å². The molecule has 0 heterocycles. The summed E-state index contributed by atoms with van der Waals surface area (Å²) in [5.41, 5.74) is 1.06. The van der Waals surface area contributed by atoms with Crippen LogP contribution in [0.1, 0.15) is 31.2 Å². The Morgan fingerprint density at radius 1 is 1.31 bits per heavy atom. The lowest BCUT2D eigenvalue weighted by Crippen LogP contribution is -2.51. The topological polar surface area (TPSA) is 49.3 Å². The van der Waals surface area contributed by atoms with Crippen LogP contribution in [0.2, 0.25) is 0 Å². The minimum Gasteiger partial charge on any atom is -0.481 e. The number of benzene rings is 1. The lowest BCUT2D eigenvalue weighted by molar-refractivity contribution is -0.139. The molecular formula is C13H17NO2. The van der Waals surface area contributed by atoms with Gasteiger partial charge in [0.15, 0.2) is 0 Å². The Hall–Kier alpha value is -1.35. The highest BCUT2D eigenvalue weighted by Crippen LogP contribution is 2.35. The monoisotopic (exact) mass is 219 g/mol. The van der Waals surface area contributed by atoms with Crippen LogP contribution in [0, 0.1) is 0 Å². The van der Waals surface area contributed by atoms with Gasteiger partial charge in [-0.25, -0.2) is 0 Å². The second kappa shape index (κ2) is 4.66. The summed E-state index contributed by atoms with van der Waals surface area (Å²) in [6.45, 7) is 0.758. The molecule has 2 rings (SSSR count). The molecule has 1 aliphatic carbocycles. The number of carbonyl (C=O) groups is 1. The number of aliphatic carboxylic acids is 1. The molecule has 1 aromatic carbocycles. The third-order valence-electron chi connectivity index (χ3n) is 3.31. The van der Waals surface area contributed by atoms with E-state index < -0.39 is 5.97 Å². The maximum absolute atomic E-state index is 10.8. The molecule has 0 saturated heterocycles. The first-order valence-electron chi connectivity index (χ1n) is 5.71. The molecule has 0 spiro atoms. The average molecular weight is 219 g/mol. The highest BCUT2D eigenvalue weighted by molar-refractivity contribution is 5.68. The van der Waals surface area contributed by atoms with Crippen LogP contribution in [-0.4, -0.2) is 16.6 Å². The maximum atomic E-state index is 10.8. The zero-order valence-corrected chi connectivity index (χ0v) is 9.28. The maximum Gasteiger partial charge on any atom is 0.305 e. The number of carboxylic acids is 1. The molecule has 1 aliphatic rings. The van der Waals surface area contributed by atoms with Gasteiger partial charge in [-0.1, -0.05) is 30.3 Å². The van der Waals surface area contributed by atoms with E-state index in [2.05, 4.69) is 17.4 Å². The molecule has 0 atom stereocenters. The van der Waals surface area contributed by atoms with E-state index in [1.54, 1.807) is 0 Å². The molecular weight excluding hydrogens is 202 g/mol. The molecule has 2 N–H and O–H groups in total. The fraction of sp³-hybridized carbons (Fsp3) is 0.462. The third kappa shape index (κ3) is 2.61. The van der Waals surface area contributed by atoms with Gasteiger partial charge in [0.1, 0.15) is 0 Å². The van der Waals surface area contributed by atoms with Crippen molar-refractivity contribution in [1.82, 2.24) is 5.32 Å². The summed E-state index contributed by atoms with van der Waals surface area (Å²) < 4.78 is 0. The second-order valence-electron chi connectivity index (χ2n) is 4.54. The van der Waals surface area contributed by atoms with Crippen molar-refractivity contribution in [2.24, 2.45) is 0 Å². The van der Waals surface area contributed by atoms with E-state index in [0.29, 0.717) is 0 Å². The lowest BCUT2D eigenvalue weighted by Gasteiger charge is -2.41. The Kier molecular flexibility index (Phi) is 3.25. The van der Waals surface area contributed by atoms with Gasteiger partial charge >= 0.3 is 5.97 Å². The van der Waals surface area contributed by atoms with E-state index in [4.69, 9.17) is 5.11 Å². The number of hydrogen-bond donors (Lipinski definition) is 2. The van der Waals surface area contributed by atoms with Gasteiger partial charge in [0.2, 0.25) is 0 Å². The van der Waals surface area contributed by atoms with Crippen molar-refractivity contribution in [1.29, 1.82) is 0 Å². The van der Waals surface area contributed by atoms with Gasteiger partial charge in [0.05, 0.1) is 6.42 Å². The molecule has 0 radical (unpaired) electrons. The van der Waals surface area contributed by atoms with Crippen molar-refractivity contribution in [3.63, 3.8) is 0 Å². The molecule has 16 heavy (non-hydrogen) atoms. The summed E-state index contributed by atoms with van der Waals surface area (Å²) in [6.07, 6.45) is 3.33. The van der Waals surface area contributed by atoms with Crippen molar-refractivity contribution < 1.29 is 9.90 Å². The van der Waals surface area contributed by atoms with E-state index in [0.717, 1.165) is 25.8 Å². The Morgan fingerprint density at radius 2 is 2.00 bits per heavy atom. The smallest absolute Gasteiger partial charge is 0.305 e. The fourth-order valence-electron chi connectivity index (χ4n) is 2.19. The lowest BCUT2D eigenvalue weighted by atomic mass is 9.74. The summed E-state index contributed by atoms with van der Waals surface area (Å²) in [5, 5.41) is 12.3. The van der Waals surface area contributed by atoms with Crippen LogP contribution in [0.15, 0.2) is 30.3 Å². The number of hydrogen-bond acceptors (Lipinski definition) is 2. The minimum atomic E-state index is -0.708. The Balaban J connectivity index is 1.90. The second-order valence-corrected chi connectivity index (χ2v) is 4.54. The first-order chi connectivity index (χ1) is 7.70. The predicted octanol–water partition coefficient (Wildman–Crippen LogP) is 2.17. The van der Waals surface area contributed by atoms with Gasteiger partial charge in [0, 0.05) is 12.1 Å². The fourth-order valence-corrected chi connectivity index (χ4v) is 2.19. The van der Waals surface area contributed by atoms with Crippen LogP contribution in [-0.2, 0) is 11.3 Å². The van der Waals surface area contributed by atoms with Gasteiger partial charge in [-0.3, -0.25) is 4.79 Å². The molecule has 3 heteroatoms. The molecule has 1 saturated carbocycles. The Morgan fingerprint density at radius 3 is 2.50 bits per heavy atom. The zero-order valence-electron chi connectivity index (χ0n) is 9.28. The van der Waals surface area contributed by atoms with Crippen LogP contribution in [0.25, 0.3) is 0 Å². The van der Waals surface area contributed by atoms with Crippen molar-refractivity contribution >= 4 is 5.97 Å². The SMILES string of the molecule is O=C(O)CC1(NCc2ccccc2)CCC1. The summed E-state index contributed by atoms with van der Waals surface area (Å²) in [5.74, 6) is -0.708. The van der Waals surface area contributed by atoms with Crippen LogP contribution in [0.4, 0.5) is 0 Å². The molecule has 1 aromatic rings. The molecule has 0 aliphatic heterocycles. The average Bonchev–Trinajstić information content (AvgIpc) is 2.23. The highest BCUT2D eigenvalue weighted by atomic mass is 16.4. The normalized spacial score (nSPS) is 17.8. The Labute approximate surface area is 95.5 Å². The third-order valence-corrected chi connectivity index (χ3v) is 3.31. The first-order valence-corrected chi connectivity index (χ1v) is 5.71. The predicted molar refractivity (Wildman–Crippen MR) is 62.1 cm³/mol. The quantitative estimate of drug-likeness (QED) is 0.798. The van der Waals surface area contributed by atoms with Crippen LogP contribution in [0.3, 0.4) is 0 Å². The van der Waals surface area contributed by atoms with Crippen molar-refractivity contribution in [3.8, 4) is 0 Å². The van der Waals surface area contributed by atoms with Crippen LogP contribution < -0.4 is 5.32 Å². The molecule has 3 nitrogen and oxygen atoms in total. The van der Waals surface area contributed by atoms with E-state index in [9.17, 15) is 4.79 Å². The summed E-state index contributed by atoms with van der Waals surface area (Å²) in [4.78, 5) is 10.8. The Bertz CT molecular complexity index is 357. The molecule has 0 unspecified atom stereocenters. The summed E-state index contributed by atoms with van der Waals surface area (Å²) in [6, 6.07) is 10.1. The van der Waals surface area contributed by atoms with Crippen molar-refractivity contribution in [2.75, 3.05) is 0 Å². The standard InChI is InChI=1S/C13H17NO2/c15-12(16)9-13(7-4-8-13)14-10-11-5-2-1-3-6-11/h1-3,5-6,14H,4,7-10H2,(H,15,16). The number of rotatable bonds is 5. The molecule has 0 aromatic heterocycles. The van der Waals surface area contributed by atoms with E-state index in [1.165, 1.54) is 5.56 Å². The van der Waals surface area contributed by atoms with E-state index >= 15 is 0 Å². The zero-order chi connectivity index (χ0) is 11.4. The molecule has 0 amide bonds. The largest absolute Gasteiger partial charge is 0.481 e. The van der Waals surface area contributed by atoms with Gasteiger partial charge in [0.25, 0.3) is 0 Å². The van der Waals surface area contributed by atoms with Crippen LogP contribution >= 0.6 is 0 Å². The highest BCUT2D eigenvalue weighted by Gasteiger charge is 2.38. The molecule has 86 valence electrons. The van der Waals surface area contributed by atoms with Crippen molar-refractivity contribution in [3.05, 3.63) is 35.9 Å². The van der Waals surface area contributed by atoms with Crippen LogP contribution in [0.5, 0.6) is 0 Å². The van der Waals surface area contributed by atoms with Gasteiger partial charge in [-0.15, -0.1) is 0 Å². The van der Waals surface area contributed by atoms with Gasteiger partial charge < -0.3 is 10.4 Å². The molecule has 1 fully saturated rings. The van der Waals surface area contributed by atoms with Gasteiger partial charge in [-0.2, -0.15) is 0 Å².